The van der Waals surface area contributed by atoms with Crippen LogP contribution in [-0.2, 0) is 4.79 Å². The maximum absolute atomic E-state index is 12.8. The molecule has 6 nitrogen and oxygen atoms in total. The maximum Gasteiger partial charge on any atom is 0.335 e. The molecule has 1 aromatic heterocycles. The van der Waals surface area contributed by atoms with Crippen LogP contribution < -0.4 is 5.32 Å². The van der Waals surface area contributed by atoms with Gasteiger partial charge in [0.15, 0.2) is 0 Å². The molecule has 0 unspecified atom stereocenters. The Balaban J connectivity index is 1.65. The molecule has 0 atom stereocenters. The lowest BCUT2D eigenvalue weighted by molar-refractivity contribution is -0.112. The quantitative estimate of drug-likeness (QED) is 0.320. The van der Waals surface area contributed by atoms with E-state index < -0.39 is 11.9 Å². The number of nitrogens with zero attached hydrogens (tertiary/aromatic N) is 2. The van der Waals surface area contributed by atoms with Gasteiger partial charge in [-0.2, -0.15) is 5.26 Å². The Morgan fingerprint density at radius 3 is 2.45 bits per heavy atom. The van der Waals surface area contributed by atoms with Crippen LogP contribution in [0, 0.1) is 25.2 Å². The van der Waals surface area contributed by atoms with Crippen molar-refractivity contribution in [2.45, 2.75) is 13.8 Å². The van der Waals surface area contributed by atoms with Crippen LogP contribution in [0.2, 0.25) is 0 Å². The second kappa shape index (κ2) is 8.85. The minimum atomic E-state index is -1.00. The van der Waals surface area contributed by atoms with Crippen LogP contribution in [0.4, 0.5) is 5.69 Å². The predicted octanol–water partition coefficient (Wildman–Crippen LogP) is 5.49. The zero-order chi connectivity index (χ0) is 23.5. The summed E-state index contributed by atoms with van der Waals surface area (Å²) in [5.74, 6) is -1.50. The molecule has 0 saturated carbocycles. The molecule has 0 saturated heterocycles. The molecule has 0 spiro atoms. The number of carbonyl (C=O) groups is 2. The summed E-state index contributed by atoms with van der Waals surface area (Å²) in [4.78, 5) is 24.1. The molecule has 0 aliphatic heterocycles. The fourth-order valence-electron chi connectivity index (χ4n) is 3.88. The van der Waals surface area contributed by atoms with Crippen molar-refractivity contribution in [2.75, 3.05) is 5.32 Å². The number of aromatic carboxylic acids is 1. The molecule has 0 aliphatic rings. The smallest absolute Gasteiger partial charge is 0.335 e. The van der Waals surface area contributed by atoms with Gasteiger partial charge in [-0.1, -0.05) is 36.4 Å². The Morgan fingerprint density at radius 1 is 0.970 bits per heavy atom. The number of hydrogen-bond donors (Lipinski definition) is 2. The van der Waals surface area contributed by atoms with Crippen molar-refractivity contribution in [1.29, 1.82) is 5.26 Å². The molecule has 1 amide bonds. The molecule has 4 aromatic rings. The molecule has 0 radical (unpaired) electrons. The number of amides is 1. The largest absolute Gasteiger partial charge is 0.478 e. The fourth-order valence-corrected chi connectivity index (χ4v) is 3.88. The topological polar surface area (TPSA) is 95.1 Å². The zero-order valence-corrected chi connectivity index (χ0v) is 18.2. The highest BCUT2D eigenvalue weighted by Gasteiger charge is 2.15. The second-order valence-corrected chi connectivity index (χ2v) is 7.70. The number of nitrogens with one attached hydrogen (secondary N) is 1. The summed E-state index contributed by atoms with van der Waals surface area (Å²) in [5, 5.41) is 23.8. The monoisotopic (exact) mass is 435 g/mol. The molecule has 6 heteroatoms. The SMILES string of the molecule is Cc1cc(C=C(C#N)C(=O)Nc2ccc3ccccc3c2)c(C)n1-c1cccc(C(=O)O)c1. The normalized spacial score (nSPS) is 11.2. The Kier molecular flexibility index (Phi) is 5.79. The number of anilines is 1. The number of carboxylic acid groups (broad SMARTS) is 1. The lowest BCUT2D eigenvalue weighted by Gasteiger charge is -2.10. The van der Waals surface area contributed by atoms with Crippen molar-refractivity contribution < 1.29 is 14.7 Å². The van der Waals surface area contributed by atoms with Crippen molar-refractivity contribution in [3.05, 3.63) is 101 Å². The molecule has 4 rings (SSSR count). The molecule has 2 N–H and O–H groups in total. The van der Waals surface area contributed by atoms with Crippen LogP contribution in [-0.4, -0.2) is 21.6 Å². The highest BCUT2D eigenvalue weighted by molar-refractivity contribution is 6.10. The first-order valence-corrected chi connectivity index (χ1v) is 10.3. The number of aryl methyl sites for hydroxylation is 1. The van der Waals surface area contributed by atoms with Crippen molar-refractivity contribution >= 4 is 34.4 Å². The standard InChI is InChI=1S/C27H21N3O3/c1-17-12-22(18(2)30(17)25-9-5-8-21(15-25)27(32)33)13-23(16-28)26(31)29-24-11-10-19-6-3-4-7-20(19)14-24/h3-15H,1-2H3,(H,29,31)(H,32,33). The van der Waals surface area contributed by atoms with Crippen molar-refractivity contribution in [2.24, 2.45) is 0 Å². The van der Waals surface area contributed by atoms with Gasteiger partial charge in [-0.3, -0.25) is 4.79 Å². The molecule has 0 aliphatic carbocycles. The highest BCUT2D eigenvalue weighted by atomic mass is 16.4. The van der Waals surface area contributed by atoms with Crippen LogP contribution in [0.5, 0.6) is 0 Å². The van der Waals surface area contributed by atoms with Crippen molar-refractivity contribution in [1.82, 2.24) is 4.57 Å². The van der Waals surface area contributed by atoms with Gasteiger partial charge in [-0.05, 0) is 72.7 Å². The molecule has 3 aromatic carbocycles. The van der Waals surface area contributed by atoms with Crippen molar-refractivity contribution in [3.63, 3.8) is 0 Å². The number of aromatic nitrogens is 1. The molecule has 33 heavy (non-hydrogen) atoms. The summed E-state index contributed by atoms with van der Waals surface area (Å²) in [6, 6.07) is 23.9. The van der Waals surface area contributed by atoms with E-state index in [9.17, 15) is 20.0 Å². The third kappa shape index (κ3) is 4.39. The molecular formula is C27H21N3O3. The van der Waals surface area contributed by atoms with E-state index in [4.69, 9.17) is 0 Å². The number of hydrogen-bond acceptors (Lipinski definition) is 3. The van der Waals surface area contributed by atoms with Gasteiger partial charge < -0.3 is 15.0 Å². The van der Waals surface area contributed by atoms with Gasteiger partial charge in [0, 0.05) is 22.8 Å². The average Bonchev–Trinajstić information content (AvgIpc) is 3.09. The molecule has 0 bridgehead atoms. The Bertz CT molecular complexity index is 1470. The number of benzene rings is 3. The minimum absolute atomic E-state index is 0.0253. The lowest BCUT2D eigenvalue weighted by atomic mass is 10.1. The summed E-state index contributed by atoms with van der Waals surface area (Å²) in [6.07, 6.45) is 1.55. The van der Waals surface area contributed by atoms with Crippen LogP contribution in [0.15, 0.2) is 78.4 Å². The number of rotatable bonds is 5. The number of nitriles is 1. The Morgan fingerprint density at radius 2 is 1.73 bits per heavy atom. The third-order valence-corrected chi connectivity index (χ3v) is 5.49. The van der Waals surface area contributed by atoms with Crippen LogP contribution >= 0.6 is 0 Å². The first kappa shape index (κ1) is 21.6. The number of fused-ring (bicyclic) bond motifs is 1. The van der Waals surface area contributed by atoms with Gasteiger partial charge in [-0.25, -0.2) is 4.79 Å². The highest BCUT2D eigenvalue weighted by Crippen LogP contribution is 2.24. The molecule has 1 heterocycles. The summed E-state index contributed by atoms with van der Waals surface area (Å²) in [7, 11) is 0. The van der Waals surface area contributed by atoms with Gasteiger partial charge in [0.05, 0.1) is 5.56 Å². The summed E-state index contributed by atoms with van der Waals surface area (Å²) < 4.78 is 1.90. The Labute approximate surface area is 191 Å². The van der Waals surface area contributed by atoms with E-state index in [-0.39, 0.29) is 11.1 Å². The molecule has 162 valence electrons. The maximum atomic E-state index is 12.8. The summed E-state index contributed by atoms with van der Waals surface area (Å²) >= 11 is 0. The summed E-state index contributed by atoms with van der Waals surface area (Å²) in [5.41, 5.74) is 3.82. The third-order valence-electron chi connectivity index (χ3n) is 5.49. The minimum Gasteiger partial charge on any atom is -0.478 e. The van der Waals surface area contributed by atoms with E-state index >= 15 is 0 Å². The van der Waals surface area contributed by atoms with Crippen LogP contribution in [0.3, 0.4) is 0 Å². The predicted molar refractivity (Wildman–Crippen MR) is 128 cm³/mol. The van der Waals surface area contributed by atoms with Gasteiger partial charge in [0.25, 0.3) is 5.91 Å². The van der Waals surface area contributed by atoms with E-state index in [1.807, 2.05) is 73.0 Å². The van der Waals surface area contributed by atoms with Gasteiger partial charge in [-0.15, -0.1) is 0 Å². The van der Waals surface area contributed by atoms with E-state index in [2.05, 4.69) is 5.32 Å². The average molecular weight is 435 g/mol. The van der Waals surface area contributed by atoms with E-state index in [1.165, 1.54) is 6.07 Å². The van der Waals surface area contributed by atoms with Crippen LogP contribution in [0.1, 0.15) is 27.3 Å². The fraction of sp³-hybridized carbons (Fsp3) is 0.0741. The van der Waals surface area contributed by atoms with Gasteiger partial charge in [0.2, 0.25) is 0 Å². The van der Waals surface area contributed by atoms with E-state index in [0.717, 1.165) is 22.2 Å². The molecule has 0 fully saturated rings. The number of carbonyl (C=O) groups excluding carboxylic acids is 1. The lowest BCUT2D eigenvalue weighted by Crippen LogP contribution is -2.13. The van der Waals surface area contributed by atoms with Crippen molar-refractivity contribution in [3.8, 4) is 11.8 Å². The van der Waals surface area contributed by atoms with Gasteiger partial charge >= 0.3 is 5.97 Å². The van der Waals surface area contributed by atoms with E-state index in [0.29, 0.717) is 16.9 Å². The first-order valence-electron chi connectivity index (χ1n) is 10.3. The van der Waals surface area contributed by atoms with Gasteiger partial charge in [0.1, 0.15) is 11.6 Å². The van der Waals surface area contributed by atoms with Crippen LogP contribution in [0.25, 0.3) is 22.5 Å². The number of carboxylic acids is 1. The molecular weight excluding hydrogens is 414 g/mol. The zero-order valence-electron chi connectivity index (χ0n) is 18.2. The summed E-state index contributed by atoms with van der Waals surface area (Å²) in [6.45, 7) is 3.75. The first-order chi connectivity index (χ1) is 15.9. The Hall–Kier alpha value is -4.63. The second-order valence-electron chi connectivity index (χ2n) is 7.70. The van der Waals surface area contributed by atoms with E-state index in [1.54, 1.807) is 24.3 Å².